The molecule has 152 valence electrons. The van der Waals surface area contributed by atoms with Crippen molar-refractivity contribution in [2.45, 2.75) is 32.2 Å². The van der Waals surface area contributed by atoms with Gasteiger partial charge >= 0.3 is 0 Å². The molecular weight excluding hydrogens is 340 g/mol. The highest BCUT2D eigenvalue weighted by atomic mass is 16.5. The summed E-state index contributed by atoms with van der Waals surface area (Å²) in [4.78, 5) is 6.87. The molecule has 1 heterocycles. The van der Waals surface area contributed by atoms with Gasteiger partial charge in [0, 0.05) is 45.2 Å². The Morgan fingerprint density at radius 2 is 1.81 bits per heavy atom. The Bertz CT molecular complexity index is 544. The van der Waals surface area contributed by atoms with Crippen LogP contribution in [0.4, 0.5) is 0 Å². The zero-order chi connectivity index (χ0) is 19.5. The van der Waals surface area contributed by atoms with Crippen LogP contribution in [0.1, 0.15) is 31.7 Å². The summed E-state index contributed by atoms with van der Waals surface area (Å²) >= 11 is 0. The molecule has 3 N–H and O–H groups in total. The van der Waals surface area contributed by atoms with Crippen LogP contribution in [0.5, 0.6) is 0 Å². The Morgan fingerprint density at radius 3 is 2.41 bits per heavy atom. The predicted octanol–water partition coefficient (Wildman–Crippen LogP) is 1.67. The lowest BCUT2D eigenvalue weighted by molar-refractivity contribution is 0.0132. The highest BCUT2D eigenvalue weighted by molar-refractivity contribution is 5.79. The van der Waals surface area contributed by atoms with Crippen molar-refractivity contribution in [3.8, 4) is 0 Å². The molecule has 0 aliphatic carbocycles. The molecule has 1 aliphatic heterocycles. The highest BCUT2D eigenvalue weighted by Crippen LogP contribution is 2.14. The zero-order valence-electron chi connectivity index (χ0n) is 17.0. The van der Waals surface area contributed by atoms with Crippen molar-refractivity contribution in [3.63, 3.8) is 0 Å². The summed E-state index contributed by atoms with van der Waals surface area (Å²) in [5.74, 6) is 1.48. The Balaban J connectivity index is 1.86. The van der Waals surface area contributed by atoms with Gasteiger partial charge in [-0.1, -0.05) is 44.2 Å². The number of rotatable bonds is 9. The van der Waals surface area contributed by atoms with Gasteiger partial charge in [0.25, 0.3) is 0 Å². The lowest BCUT2D eigenvalue weighted by atomic mass is 10.0. The number of nitrogens with zero attached hydrogens (tertiary/aromatic N) is 2. The predicted molar refractivity (Wildman–Crippen MR) is 111 cm³/mol. The Labute approximate surface area is 164 Å². The van der Waals surface area contributed by atoms with Crippen LogP contribution in [0.25, 0.3) is 0 Å². The number of aliphatic hydroxyl groups excluding tert-OH is 1. The fourth-order valence-corrected chi connectivity index (χ4v) is 3.52. The van der Waals surface area contributed by atoms with E-state index in [4.69, 9.17) is 4.74 Å². The van der Waals surface area contributed by atoms with Crippen LogP contribution in [0.2, 0.25) is 0 Å². The standard InChI is InChI=1S/C21H36N4O2/c1-17(2)13-20(25-9-11-27-12-10-25)15-24-21(22-3)23-14-19(16-26)18-7-5-4-6-8-18/h4-8,17,19-20,26H,9-16H2,1-3H3,(H2,22,23,24). The smallest absolute Gasteiger partial charge is 0.191 e. The number of guanidine groups is 1. The van der Waals surface area contributed by atoms with Crippen molar-refractivity contribution in [2.24, 2.45) is 10.9 Å². The first-order valence-electron chi connectivity index (χ1n) is 10.1. The topological polar surface area (TPSA) is 69.1 Å². The molecule has 0 aromatic heterocycles. The van der Waals surface area contributed by atoms with E-state index in [9.17, 15) is 5.11 Å². The summed E-state index contributed by atoms with van der Waals surface area (Å²) in [6.07, 6.45) is 1.15. The molecule has 0 spiro atoms. The molecule has 1 saturated heterocycles. The van der Waals surface area contributed by atoms with E-state index in [1.54, 1.807) is 7.05 Å². The second kappa shape index (κ2) is 12.0. The van der Waals surface area contributed by atoms with Gasteiger partial charge in [-0.2, -0.15) is 0 Å². The fourth-order valence-electron chi connectivity index (χ4n) is 3.52. The monoisotopic (exact) mass is 376 g/mol. The molecular formula is C21H36N4O2. The number of benzene rings is 1. The number of aliphatic imine (C=N–C) groups is 1. The quantitative estimate of drug-likeness (QED) is 0.452. The van der Waals surface area contributed by atoms with Crippen LogP contribution >= 0.6 is 0 Å². The molecule has 0 bridgehead atoms. The third kappa shape index (κ3) is 7.48. The molecule has 2 atom stereocenters. The minimum atomic E-state index is 0.0513. The third-order valence-electron chi connectivity index (χ3n) is 5.04. The van der Waals surface area contributed by atoms with Crippen molar-refractivity contribution in [1.82, 2.24) is 15.5 Å². The summed E-state index contributed by atoms with van der Waals surface area (Å²) in [6, 6.07) is 10.6. The summed E-state index contributed by atoms with van der Waals surface area (Å²) in [5, 5.41) is 16.6. The Kier molecular flexibility index (Phi) is 9.59. The van der Waals surface area contributed by atoms with E-state index in [0.29, 0.717) is 18.5 Å². The van der Waals surface area contributed by atoms with Crippen LogP contribution in [0, 0.1) is 5.92 Å². The van der Waals surface area contributed by atoms with Gasteiger partial charge in [-0.25, -0.2) is 0 Å². The molecule has 2 rings (SSSR count). The lowest BCUT2D eigenvalue weighted by Gasteiger charge is -2.35. The minimum Gasteiger partial charge on any atom is -0.396 e. The number of hydrogen-bond acceptors (Lipinski definition) is 4. The molecule has 6 heteroatoms. The van der Waals surface area contributed by atoms with Crippen LogP contribution in [-0.4, -0.2) is 75.1 Å². The van der Waals surface area contributed by atoms with E-state index in [-0.39, 0.29) is 12.5 Å². The fraction of sp³-hybridized carbons (Fsp3) is 0.667. The first-order valence-corrected chi connectivity index (χ1v) is 10.1. The molecule has 0 amide bonds. The zero-order valence-corrected chi connectivity index (χ0v) is 17.0. The number of hydrogen-bond donors (Lipinski definition) is 3. The minimum absolute atomic E-state index is 0.0513. The molecule has 2 unspecified atom stereocenters. The number of ether oxygens (including phenoxy) is 1. The molecule has 1 fully saturated rings. The van der Waals surface area contributed by atoms with Gasteiger partial charge in [0.15, 0.2) is 5.96 Å². The second-order valence-corrected chi connectivity index (χ2v) is 7.56. The molecule has 1 aliphatic rings. The van der Waals surface area contributed by atoms with E-state index in [0.717, 1.165) is 50.8 Å². The van der Waals surface area contributed by atoms with Crippen LogP contribution in [0.15, 0.2) is 35.3 Å². The summed E-state index contributed by atoms with van der Waals surface area (Å²) in [5.41, 5.74) is 1.13. The van der Waals surface area contributed by atoms with Crippen molar-refractivity contribution in [1.29, 1.82) is 0 Å². The van der Waals surface area contributed by atoms with Gasteiger partial charge in [-0.3, -0.25) is 9.89 Å². The van der Waals surface area contributed by atoms with E-state index < -0.39 is 0 Å². The van der Waals surface area contributed by atoms with Crippen molar-refractivity contribution >= 4 is 5.96 Å². The summed E-state index contributed by atoms with van der Waals surface area (Å²) < 4.78 is 5.50. The van der Waals surface area contributed by atoms with Gasteiger partial charge in [0.1, 0.15) is 0 Å². The first kappa shape index (κ1) is 21.7. The number of aliphatic hydroxyl groups is 1. The van der Waals surface area contributed by atoms with Gasteiger partial charge in [0.05, 0.1) is 19.8 Å². The Hall–Kier alpha value is -1.63. The van der Waals surface area contributed by atoms with Crippen LogP contribution in [-0.2, 0) is 4.74 Å². The van der Waals surface area contributed by atoms with Gasteiger partial charge in [0.2, 0.25) is 0 Å². The molecule has 1 aromatic carbocycles. The average molecular weight is 377 g/mol. The van der Waals surface area contributed by atoms with Crippen LogP contribution < -0.4 is 10.6 Å². The van der Waals surface area contributed by atoms with Crippen molar-refractivity contribution in [3.05, 3.63) is 35.9 Å². The largest absolute Gasteiger partial charge is 0.396 e. The lowest BCUT2D eigenvalue weighted by Crippen LogP contribution is -2.51. The normalized spacial score (nSPS) is 18.3. The van der Waals surface area contributed by atoms with Crippen LogP contribution in [0.3, 0.4) is 0 Å². The van der Waals surface area contributed by atoms with E-state index >= 15 is 0 Å². The van der Waals surface area contributed by atoms with E-state index in [1.165, 1.54) is 0 Å². The molecule has 0 radical (unpaired) electrons. The number of nitrogens with one attached hydrogen (secondary N) is 2. The second-order valence-electron chi connectivity index (χ2n) is 7.56. The van der Waals surface area contributed by atoms with E-state index in [1.807, 2.05) is 18.2 Å². The molecule has 0 saturated carbocycles. The molecule has 27 heavy (non-hydrogen) atoms. The van der Waals surface area contributed by atoms with Crippen molar-refractivity contribution < 1.29 is 9.84 Å². The summed E-state index contributed by atoms with van der Waals surface area (Å²) in [7, 11) is 1.79. The van der Waals surface area contributed by atoms with Gasteiger partial charge in [-0.05, 0) is 17.9 Å². The first-order chi connectivity index (χ1) is 13.1. The highest BCUT2D eigenvalue weighted by Gasteiger charge is 2.22. The Morgan fingerprint density at radius 1 is 1.15 bits per heavy atom. The molecule has 1 aromatic rings. The van der Waals surface area contributed by atoms with Gasteiger partial charge < -0.3 is 20.5 Å². The summed E-state index contributed by atoms with van der Waals surface area (Å²) in [6.45, 7) is 9.76. The maximum absolute atomic E-state index is 9.73. The third-order valence-corrected chi connectivity index (χ3v) is 5.04. The molecule has 6 nitrogen and oxygen atoms in total. The maximum atomic E-state index is 9.73. The van der Waals surface area contributed by atoms with Crippen molar-refractivity contribution in [2.75, 3.05) is 53.0 Å². The maximum Gasteiger partial charge on any atom is 0.191 e. The average Bonchev–Trinajstić information content (AvgIpc) is 2.70. The number of morpholine rings is 1. The van der Waals surface area contributed by atoms with E-state index in [2.05, 4.69) is 46.5 Å². The van der Waals surface area contributed by atoms with Gasteiger partial charge in [-0.15, -0.1) is 0 Å². The SMILES string of the molecule is CN=C(NCC(CO)c1ccccc1)NCC(CC(C)C)N1CCOCC1.